The Balaban J connectivity index is 5.00. The fourth-order valence-electron chi connectivity index (χ4n) is 9.35. The zero-order valence-corrected chi connectivity index (χ0v) is 52.3. The first-order valence-electron chi connectivity index (χ1n) is 32.6. The number of nitrogens with zero attached hydrogens (tertiary/aromatic N) is 1. The molecule has 1 N–H and O–H groups in total. The second kappa shape index (κ2) is 57.0. The summed E-state index contributed by atoms with van der Waals surface area (Å²) >= 11 is 0. The van der Waals surface area contributed by atoms with Crippen molar-refractivity contribution in [3.63, 3.8) is 0 Å². The molecule has 9 nitrogen and oxygen atoms in total. The van der Waals surface area contributed by atoms with Gasteiger partial charge < -0.3 is 28.5 Å². The number of phosphoric ester groups is 1. The Hall–Kier alpha value is -2.29. The number of carbonyl (C=O) groups excluding carboxylic acids is 2. The van der Waals surface area contributed by atoms with Crippen molar-refractivity contribution in [3.05, 3.63) is 60.8 Å². The zero-order chi connectivity index (χ0) is 56.4. The van der Waals surface area contributed by atoms with E-state index in [0.29, 0.717) is 23.9 Å². The molecule has 3 atom stereocenters. The van der Waals surface area contributed by atoms with Crippen LogP contribution in [-0.2, 0) is 27.9 Å². The SMILES string of the molecule is CCCCC/C=C\C/C=C\C/C=C\CCCCCCCCCCCCCCCCC(=O)OC(/C=C\CCCCCCCCCCC)C(COP(=O)([O-])OCC[N+](C)(C)C)NC(=O)CCCCC/C=C\CCCCCCCC. The van der Waals surface area contributed by atoms with Gasteiger partial charge in [0, 0.05) is 12.8 Å². The van der Waals surface area contributed by atoms with E-state index in [9.17, 15) is 19.0 Å². The first kappa shape index (κ1) is 74.7. The molecule has 0 saturated heterocycles. The number of hydrogen-bond acceptors (Lipinski definition) is 7. The fraction of sp³-hybridized carbons (Fsp3) is 0.821. The van der Waals surface area contributed by atoms with Crippen LogP contribution in [0.1, 0.15) is 303 Å². The Morgan fingerprint density at radius 2 is 0.792 bits per heavy atom. The summed E-state index contributed by atoms with van der Waals surface area (Å²) in [5.74, 6) is -0.554. The monoisotopic (exact) mass is 1100 g/mol. The van der Waals surface area contributed by atoms with Crippen LogP contribution < -0.4 is 10.2 Å². The topological polar surface area (TPSA) is 114 Å². The number of quaternary nitrogens is 1. The lowest BCUT2D eigenvalue weighted by Gasteiger charge is -2.30. The highest BCUT2D eigenvalue weighted by Crippen LogP contribution is 2.38. The van der Waals surface area contributed by atoms with Crippen LogP contribution in [0.25, 0.3) is 0 Å². The van der Waals surface area contributed by atoms with Crippen LogP contribution in [0.4, 0.5) is 0 Å². The number of carbonyl (C=O) groups is 2. The molecule has 77 heavy (non-hydrogen) atoms. The van der Waals surface area contributed by atoms with E-state index < -0.39 is 26.6 Å². The minimum Gasteiger partial charge on any atom is -0.756 e. The van der Waals surface area contributed by atoms with E-state index in [2.05, 4.69) is 74.7 Å². The highest BCUT2D eigenvalue weighted by atomic mass is 31.2. The normalized spacial score (nSPS) is 14.0. The summed E-state index contributed by atoms with van der Waals surface area (Å²) < 4.78 is 30.3. The van der Waals surface area contributed by atoms with E-state index in [0.717, 1.165) is 77.0 Å². The van der Waals surface area contributed by atoms with Crippen molar-refractivity contribution in [1.82, 2.24) is 5.32 Å². The van der Waals surface area contributed by atoms with E-state index in [4.69, 9.17) is 13.8 Å². The van der Waals surface area contributed by atoms with Gasteiger partial charge >= 0.3 is 5.97 Å². The maximum atomic E-state index is 13.5. The maximum Gasteiger partial charge on any atom is 0.306 e. The third-order valence-corrected chi connectivity index (χ3v) is 15.4. The molecule has 0 aromatic rings. The van der Waals surface area contributed by atoms with Crippen molar-refractivity contribution >= 4 is 19.7 Å². The second-order valence-corrected chi connectivity index (χ2v) is 24.7. The molecule has 0 aromatic carbocycles. The molecule has 450 valence electrons. The van der Waals surface area contributed by atoms with E-state index in [1.165, 1.54) is 186 Å². The molecular weight excluding hydrogens is 976 g/mol. The molecule has 3 unspecified atom stereocenters. The van der Waals surface area contributed by atoms with Crippen LogP contribution in [0.2, 0.25) is 0 Å². The molecule has 0 aliphatic carbocycles. The van der Waals surface area contributed by atoms with Gasteiger partial charge in [-0.15, -0.1) is 0 Å². The molecule has 0 bridgehead atoms. The number of esters is 1. The predicted molar refractivity (Wildman–Crippen MR) is 330 cm³/mol. The molecule has 0 heterocycles. The summed E-state index contributed by atoms with van der Waals surface area (Å²) in [6, 6.07) is -0.895. The third-order valence-electron chi connectivity index (χ3n) is 14.4. The van der Waals surface area contributed by atoms with Crippen molar-refractivity contribution in [3.8, 4) is 0 Å². The highest BCUT2D eigenvalue weighted by molar-refractivity contribution is 7.45. The Bertz CT molecular complexity index is 1500. The average Bonchev–Trinajstić information content (AvgIpc) is 3.39. The van der Waals surface area contributed by atoms with Gasteiger partial charge in [0.05, 0.1) is 33.8 Å². The Kier molecular flexibility index (Phi) is 55.3. The van der Waals surface area contributed by atoms with Crippen molar-refractivity contribution in [1.29, 1.82) is 0 Å². The van der Waals surface area contributed by atoms with Crippen LogP contribution in [0, 0.1) is 0 Å². The Morgan fingerprint density at radius 3 is 1.23 bits per heavy atom. The van der Waals surface area contributed by atoms with Crippen LogP contribution in [0.5, 0.6) is 0 Å². The lowest BCUT2D eigenvalue weighted by atomic mass is 10.0. The summed E-state index contributed by atoms with van der Waals surface area (Å²) in [6.07, 6.45) is 72.0. The number of amides is 1. The molecule has 1 amide bonds. The summed E-state index contributed by atoms with van der Waals surface area (Å²) in [6.45, 7) is 6.81. The first-order chi connectivity index (χ1) is 37.4. The van der Waals surface area contributed by atoms with Gasteiger partial charge in [0.25, 0.3) is 7.82 Å². The molecule has 0 aliphatic rings. The van der Waals surface area contributed by atoms with Gasteiger partial charge in [-0.25, -0.2) is 0 Å². The number of ether oxygens (including phenoxy) is 1. The average molecular weight is 1100 g/mol. The minimum absolute atomic E-state index is 0.0251. The fourth-order valence-corrected chi connectivity index (χ4v) is 10.1. The zero-order valence-electron chi connectivity index (χ0n) is 51.4. The van der Waals surface area contributed by atoms with Gasteiger partial charge in [-0.05, 0) is 96.0 Å². The van der Waals surface area contributed by atoms with Gasteiger partial charge in [-0.1, -0.05) is 255 Å². The lowest BCUT2D eigenvalue weighted by Crippen LogP contribution is -2.47. The van der Waals surface area contributed by atoms with E-state index >= 15 is 0 Å². The van der Waals surface area contributed by atoms with Gasteiger partial charge in [0.1, 0.15) is 19.3 Å². The summed E-state index contributed by atoms with van der Waals surface area (Å²) in [7, 11) is 1.18. The van der Waals surface area contributed by atoms with Crippen molar-refractivity contribution in [2.75, 3.05) is 40.9 Å². The molecule has 0 aromatic heterocycles. The lowest BCUT2D eigenvalue weighted by molar-refractivity contribution is -0.870. The van der Waals surface area contributed by atoms with Gasteiger partial charge in [-0.3, -0.25) is 14.2 Å². The summed E-state index contributed by atoms with van der Waals surface area (Å²) in [4.78, 5) is 39.9. The number of nitrogens with one attached hydrogen (secondary N) is 1. The number of unbranched alkanes of at least 4 members (excludes halogenated alkanes) is 35. The van der Waals surface area contributed by atoms with Gasteiger partial charge in [0.2, 0.25) is 5.91 Å². The molecule has 0 spiro atoms. The highest BCUT2D eigenvalue weighted by Gasteiger charge is 2.27. The minimum atomic E-state index is -4.70. The largest absolute Gasteiger partial charge is 0.756 e. The number of hydrogen-bond donors (Lipinski definition) is 1. The summed E-state index contributed by atoms with van der Waals surface area (Å²) in [5.41, 5.74) is 0. The van der Waals surface area contributed by atoms with Crippen LogP contribution in [0.3, 0.4) is 0 Å². The quantitative estimate of drug-likeness (QED) is 0.0212. The van der Waals surface area contributed by atoms with Crippen LogP contribution in [0.15, 0.2) is 60.8 Å². The molecule has 0 aliphatic heterocycles. The van der Waals surface area contributed by atoms with Gasteiger partial charge in [-0.2, -0.15) is 0 Å². The van der Waals surface area contributed by atoms with Crippen molar-refractivity contribution < 1.29 is 37.3 Å². The smallest absolute Gasteiger partial charge is 0.306 e. The molecule has 0 radical (unpaired) electrons. The van der Waals surface area contributed by atoms with Gasteiger partial charge in [0.15, 0.2) is 0 Å². The van der Waals surface area contributed by atoms with Crippen molar-refractivity contribution in [2.24, 2.45) is 0 Å². The Morgan fingerprint density at radius 1 is 0.455 bits per heavy atom. The van der Waals surface area contributed by atoms with Crippen LogP contribution in [-0.4, -0.2) is 69.4 Å². The standard InChI is InChI=1S/C67H125N2O7P/c1-7-10-13-16-19-22-25-27-28-29-30-31-32-33-34-35-36-37-38-39-40-42-45-48-51-54-57-60-67(71)76-65(58-55-52-49-46-43-24-21-18-15-12-9-3)64(63-75-77(72,73)74-62-61-69(4,5)6)68-66(70)59-56-53-50-47-44-41-26-23-20-17-14-11-8-2/h19,22,27-28,30-31,41,44,55,58,64-65H,7-18,20-21,23-26,29,32-40,42-43,45-54,56-57,59-63H2,1-6H3,(H-,68,70,72,73)/b22-19-,28-27-,31-30-,44-41-,58-55-. The number of rotatable bonds is 59. The maximum absolute atomic E-state index is 13.5. The van der Waals surface area contributed by atoms with E-state index in [-0.39, 0.29) is 24.9 Å². The summed E-state index contributed by atoms with van der Waals surface area (Å²) in [5, 5.41) is 3.02. The Labute approximate surface area is 477 Å². The second-order valence-electron chi connectivity index (χ2n) is 23.3. The molecule has 10 heteroatoms. The van der Waals surface area contributed by atoms with Crippen LogP contribution >= 0.6 is 7.82 Å². The number of allylic oxidation sites excluding steroid dienone is 9. The molecular formula is C67H125N2O7P. The predicted octanol–water partition coefficient (Wildman–Crippen LogP) is 19.6. The number of phosphoric acid groups is 1. The molecule has 0 saturated carbocycles. The first-order valence-corrected chi connectivity index (χ1v) is 34.1. The number of likely N-dealkylation sites (N-methyl/N-ethyl adjacent to an activating group) is 1. The molecule has 0 fully saturated rings. The van der Waals surface area contributed by atoms with Crippen molar-refractivity contribution in [2.45, 2.75) is 315 Å². The third kappa shape index (κ3) is 58.2. The van der Waals surface area contributed by atoms with E-state index in [1.54, 1.807) is 0 Å². The molecule has 0 rings (SSSR count). The van der Waals surface area contributed by atoms with E-state index in [1.807, 2.05) is 33.3 Å².